The molecule has 26 heavy (non-hydrogen) atoms. The van der Waals surface area contributed by atoms with E-state index in [1.807, 2.05) is 31.2 Å². The van der Waals surface area contributed by atoms with Gasteiger partial charge >= 0.3 is 0 Å². The first-order chi connectivity index (χ1) is 12.5. The maximum Gasteiger partial charge on any atom is 0.274 e. The lowest BCUT2D eigenvalue weighted by atomic mass is 10.2. The van der Waals surface area contributed by atoms with Crippen LogP contribution in [-0.2, 0) is 0 Å². The third kappa shape index (κ3) is 4.43. The van der Waals surface area contributed by atoms with E-state index < -0.39 is 0 Å². The first kappa shape index (κ1) is 18.5. The van der Waals surface area contributed by atoms with Crippen LogP contribution in [0.25, 0.3) is 0 Å². The van der Waals surface area contributed by atoms with Crippen LogP contribution >= 0.6 is 11.6 Å². The van der Waals surface area contributed by atoms with E-state index in [0.29, 0.717) is 19.1 Å². The molecule has 1 aromatic carbocycles. The highest BCUT2D eigenvalue weighted by Gasteiger charge is 2.21. The summed E-state index contributed by atoms with van der Waals surface area (Å²) in [5.41, 5.74) is 1.42. The van der Waals surface area contributed by atoms with Gasteiger partial charge in [-0.25, -0.2) is 9.97 Å². The van der Waals surface area contributed by atoms with E-state index in [2.05, 4.69) is 14.9 Å². The number of carbonyl (C=O) groups is 1. The summed E-state index contributed by atoms with van der Waals surface area (Å²) in [6.07, 6.45) is 3.74. The molecule has 0 aliphatic carbocycles. The molecule has 0 atom stereocenters. The highest BCUT2D eigenvalue weighted by molar-refractivity contribution is 6.33. The molecule has 3 rings (SSSR count). The van der Waals surface area contributed by atoms with Gasteiger partial charge in [0.1, 0.15) is 12.4 Å². The summed E-state index contributed by atoms with van der Waals surface area (Å²) in [6, 6.07) is 7.82. The molecule has 0 N–H and O–H groups in total. The fourth-order valence-corrected chi connectivity index (χ4v) is 2.97. The Kier molecular flexibility index (Phi) is 5.93. The van der Waals surface area contributed by atoms with Gasteiger partial charge in [-0.2, -0.15) is 0 Å². The van der Waals surface area contributed by atoms with Crippen LogP contribution in [0.1, 0.15) is 28.9 Å². The van der Waals surface area contributed by atoms with Crippen molar-refractivity contribution in [2.45, 2.75) is 19.8 Å². The highest BCUT2D eigenvalue weighted by atomic mass is 35.5. The van der Waals surface area contributed by atoms with E-state index in [1.165, 1.54) is 11.8 Å². The van der Waals surface area contributed by atoms with Gasteiger partial charge in [0, 0.05) is 20.1 Å². The van der Waals surface area contributed by atoms with Crippen molar-refractivity contribution in [3.8, 4) is 5.75 Å². The van der Waals surface area contributed by atoms with Crippen molar-refractivity contribution in [1.82, 2.24) is 14.9 Å². The predicted molar refractivity (Wildman–Crippen MR) is 102 cm³/mol. The molecule has 7 heteroatoms. The van der Waals surface area contributed by atoms with Crippen LogP contribution in [0.2, 0.25) is 5.02 Å². The SMILES string of the molecule is Cc1ccc(OCCN(C)C(=O)c2nc(N3CCCC3)ncc2Cl)cc1. The van der Waals surface area contributed by atoms with E-state index in [9.17, 15) is 4.79 Å². The number of halogens is 1. The standard InChI is InChI=1S/C19H23ClN4O2/c1-14-5-7-15(8-6-14)26-12-11-23(2)18(25)17-16(20)13-21-19(22-17)24-9-3-4-10-24/h5-8,13H,3-4,9-12H2,1-2H3. The van der Waals surface area contributed by atoms with Gasteiger partial charge in [-0.15, -0.1) is 0 Å². The zero-order chi connectivity index (χ0) is 18.5. The second kappa shape index (κ2) is 8.36. The van der Waals surface area contributed by atoms with Gasteiger partial charge < -0.3 is 14.5 Å². The quantitative estimate of drug-likeness (QED) is 0.777. The fourth-order valence-electron chi connectivity index (χ4n) is 2.79. The molecule has 0 saturated carbocycles. The second-order valence-electron chi connectivity index (χ2n) is 6.45. The third-order valence-electron chi connectivity index (χ3n) is 4.39. The van der Waals surface area contributed by atoms with Gasteiger partial charge in [0.05, 0.1) is 17.8 Å². The van der Waals surface area contributed by atoms with Gasteiger partial charge in [-0.1, -0.05) is 29.3 Å². The highest BCUT2D eigenvalue weighted by Crippen LogP contribution is 2.21. The van der Waals surface area contributed by atoms with Crippen LogP contribution < -0.4 is 9.64 Å². The van der Waals surface area contributed by atoms with Gasteiger partial charge in [0.15, 0.2) is 5.69 Å². The van der Waals surface area contributed by atoms with Crippen molar-refractivity contribution >= 4 is 23.5 Å². The Morgan fingerprint density at radius 3 is 2.65 bits per heavy atom. The summed E-state index contributed by atoms with van der Waals surface area (Å²) < 4.78 is 5.69. The average molecular weight is 375 g/mol. The molecule has 0 bridgehead atoms. The zero-order valence-corrected chi connectivity index (χ0v) is 15.9. The van der Waals surface area contributed by atoms with E-state index in [-0.39, 0.29) is 16.6 Å². The van der Waals surface area contributed by atoms with Gasteiger partial charge in [0.2, 0.25) is 5.95 Å². The normalized spacial score (nSPS) is 13.7. The van der Waals surface area contributed by atoms with Crippen molar-refractivity contribution in [1.29, 1.82) is 0 Å². The number of rotatable bonds is 6. The smallest absolute Gasteiger partial charge is 0.274 e. The zero-order valence-electron chi connectivity index (χ0n) is 15.1. The number of aromatic nitrogens is 2. The Balaban J connectivity index is 1.60. The Hall–Kier alpha value is -2.34. The molecule has 0 spiro atoms. The fraction of sp³-hybridized carbons (Fsp3) is 0.421. The molecular weight excluding hydrogens is 352 g/mol. The lowest BCUT2D eigenvalue weighted by molar-refractivity contribution is 0.0768. The predicted octanol–water partition coefficient (Wildman–Crippen LogP) is 3.19. The Bertz CT molecular complexity index is 761. The Morgan fingerprint density at radius 2 is 1.96 bits per heavy atom. The molecule has 0 unspecified atom stereocenters. The average Bonchev–Trinajstić information content (AvgIpc) is 3.18. The molecule has 6 nitrogen and oxygen atoms in total. The van der Waals surface area contributed by atoms with Crippen molar-refractivity contribution < 1.29 is 9.53 Å². The van der Waals surface area contributed by atoms with E-state index in [4.69, 9.17) is 16.3 Å². The number of carbonyl (C=O) groups excluding carboxylic acids is 1. The summed E-state index contributed by atoms with van der Waals surface area (Å²) in [7, 11) is 1.72. The molecule has 1 saturated heterocycles. The molecule has 2 aromatic rings. The molecule has 1 aliphatic heterocycles. The van der Waals surface area contributed by atoms with Crippen molar-refractivity contribution in [2.75, 3.05) is 38.2 Å². The first-order valence-electron chi connectivity index (χ1n) is 8.77. The summed E-state index contributed by atoms with van der Waals surface area (Å²) in [5.74, 6) is 1.12. The van der Waals surface area contributed by atoms with E-state index >= 15 is 0 Å². The number of hydrogen-bond acceptors (Lipinski definition) is 5. The molecule has 1 aromatic heterocycles. The van der Waals surface area contributed by atoms with E-state index in [1.54, 1.807) is 11.9 Å². The third-order valence-corrected chi connectivity index (χ3v) is 4.66. The largest absolute Gasteiger partial charge is 0.492 e. The number of ether oxygens (including phenoxy) is 1. The number of aryl methyl sites for hydroxylation is 1. The molecule has 1 amide bonds. The second-order valence-corrected chi connectivity index (χ2v) is 6.86. The molecule has 1 fully saturated rings. The Morgan fingerprint density at radius 1 is 1.27 bits per heavy atom. The van der Waals surface area contributed by atoms with Crippen LogP contribution in [0.15, 0.2) is 30.5 Å². The summed E-state index contributed by atoms with van der Waals surface area (Å²) in [5, 5.41) is 0.268. The van der Waals surface area contributed by atoms with Gasteiger partial charge in [-0.05, 0) is 31.9 Å². The van der Waals surface area contributed by atoms with Gasteiger partial charge in [-0.3, -0.25) is 4.79 Å². The minimum atomic E-state index is -0.231. The monoisotopic (exact) mass is 374 g/mol. The maximum absolute atomic E-state index is 12.7. The minimum absolute atomic E-state index is 0.231. The molecule has 1 aliphatic rings. The lowest BCUT2D eigenvalue weighted by Gasteiger charge is -2.19. The lowest BCUT2D eigenvalue weighted by Crippen LogP contribution is -2.32. The van der Waals surface area contributed by atoms with Crippen molar-refractivity contribution in [3.05, 3.63) is 46.7 Å². The number of likely N-dealkylation sites (N-methyl/N-ethyl adjacent to an activating group) is 1. The summed E-state index contributed by atoms with van der Waals surface area (Å²) >= 11 is 6.16. The molecule has 0 radical (unpaired) electrons. The van der Waals surface area contributed by atoms with Crippen molar-refractivity contribution in [3.63, 3.8) is 0 Å². The number of anilines is 1. The molecule has 2 heterocycles. The summed E-state index contributed by atoms with van der Waals surface area (Å²) in [6.45, 7) is 4.68. The maximum atomic E-state index is 12.7. The van der Waals surface area contributed by atoms with Crippen LogP contribution in [0.5, 0.6) is 5.75 Å². The van der Waals surface area contributed by atoms with Crippen LogP contribution in [-0.4, -0.2) is 54.1 Å². The molecular formula is C19H23ClN4O2. The van der Waals surface area contributed by atoms with Crippen LogP contribution in [0, 0.1) is 6.92 Å². The summed E-state index contributed by atoms with van der Waals surface area (Å²) in [4.78, 5) is 25.0. The van der Waals surface area contributed by atoms with Crippen LogP contribution in [0.3, 0.4) is 0 Å². The Labute approximate surface area is 158 Å². The van der Waals surface area contributed by atoms with E-state index in [0.717, 1.165) is 31.7 Å². The molecule has 138 valence electrons. The number of amides is 1. The van der Waals surface area contributed by atoms with Crippen molar-refractivity contribution in [2.24, 2.45) is 0 Å². The number of nitrogens with zero attached hydrogens (tertiary/aromatic N) is 4. The minimum Gasteiger partial charge on any atom is -0.492 e. The number of hydrogen-bond donors (Lipinski definition) is 0. The number of benzene rings is 1. The van der Waals surface area contributed by atoms with Gasteiger partial charge in [0.25, 0.3) is 5.91 Å². The first-order valence-corrected chi connectivity index (χ1v) is 9.15. The van der Waals surface area contributed by atoms with Crippen LogP contribution in [0.4, 0.5) is 5.95 Å². The topological polar surface area (TPSA) is 58.6 Å².